The largest absolute Gasteiger partial charge is 0.493 e. The second kappa shape index (κ2) is 7.42. The smallest absolute Gasteiger partial charge is 0.257 e. The molecule has 4 fully saturated rings. The van der Waals surface area contributed by atoms with Gasteiger partial charge < -0.3 is 10.1 Å². The van der Waals surface area contributed by atoms with Crippen LogP contribution in [0.2, 0.25) is 0 Å². The van der Waals surface area contributed by atoms with Crippen molar-refractivity contribution >= 4 is 23.2 Å². The minimum atomic E-state index is -0.174. The molecule has 4 aliphatic rings. The third-order valence-corrected chi connectivity index (χ3v) is 6.53. The summed E-state index contributed by atoms with van der Waals surface area (Å²) in [7, 11) is 0. The molecule has 27 heavy (non-hydrogen) atoms. The molecule has 0 aromatic heterocycles. The normalized spacial score (nSPS) is 31.0. The average Bonchev–Trinajstić information content (AvgIpc) is 2.58. The van der Waals surface area contributed by atoms with Gasteiger partial charge in [0.15, 0.2) is 5.11 Å². The van der Waals surface area contributed by atoms with Crippen molar-refractivity contribution in [2.24, 2.45) is 23.7 Å². The molecule has 0 atom stereocenters. The third-order valence-electron chi connectivity index (χ3n) is 6.32. The summed E-state index contributed by atoms with van der Waals surface area (Å²) in [5.74, 6) is 3.52. The lowest BCUT2D eigenvalue weighted by Crippen LogP contribution is -2.61. The summed E-state index contributed by atoms with van der Waals surface area (Å²) in [6.45, 7) is 4.84. The number of amides is 1. The van der Waals surface area contributed by atoms with Crippen molar-refractivity contribution < 1.29 is 9.53 Å². The predicted octanol–water partition coefficient (Wildman–Crippen LogP) is 4.29. The summed E-state index contributed by atoms with van der Waals surface area (Å²) in [4.78, 5) is 12.6. The first kappa shape index (κ1) is 18.7. The SMILES string of the molecule is CC(C)COc1cccc(C(=O)NC(=S)NC23CC4CC(CC(C4)C2)C3)c1. The van der Waals surface area contributed by atoms with Crippen LogP contribution in [0, 0.1) is 23.7 Å². The van der Waals surface area contributed by atoms with Gasteiger partial charge in [0.25, 0.3) is 5.91 Å². The second-order valence-corrected chi connectivity index (χ2v) is 9.75. The molecule has 1 amide bonds. The van der Waals surface area contributed by atoms with E-state index in [0.29, 0.717) is 23.2 Å². The lowest BCUT2D eigenvalue weighted by atomic mass is 9.53. The Balaban J connectivity index is 1.36. The highest BCUT2D eigenvalue weighted by atomic mass is 32.1. The van der Waals surface area contributed by atoms with E-state index in [4.69, 9.17) is 17.0 Å². The molecule has 4 nitrogen and oxygen atoms in total. The van der Waals surface area contributed by atoms with Gasteiger partial charge in [0.2, 0.25) is 0 Å². The van der Waals surface area contributed by atoms with Crippen LogP contribution in [0.15, 0.2) is 24.3 Å². The molecule has 5 heteroatoms. The van der Waals surface area contributed by atoms with Crippen molar-refractivity contribution in [2.75, 3.05) is 6.61 Å². The van der Waals surface area contributed by atoms with Gasteiger partial charge in [-0.05, 0) is 92.6 Å². The lowest BCUT2D eigenvalue weighted by molar-refractivity contribution is -0.0101. The Hall–Kier alpha value is -1.62. The molecule has 0 heterocycles. The number of rotatable bonds is 5. The average molecular weight is 387 g/mol. The fraction of sp³-hybridized carbons (Fsp3) is 0.636. The number of thiocarbonyl (C=S) groups is 1. The minimum Gasteiger partial charge on any atom is -0.493 e. The Morgan fingerprint density at radius 3 is 2.41 bits per heavy atom. The van der Waals surface area contributed by atoms with Gasteiger partial charge in [-0.3, -0.25) is 10.1 Å². The number of carbonyl (C=O) groups excluding carboxylic acids is 1. The molecule has 5 rings (SSSR count). The van der Waals surface area contributed by atoms with Crippen molar-refractivity contribution in [3.05, 3.63) is 29.8 Å². The Kier molecular flexibility index (Phi) is 5.15. The summed E-state index contributed by atoms with van der Waals surface area (Å²) < 4.78 is 5.73. The molecule has 2 N–H and O–H groups in total. The van der Waals surface area contributed by atoms with Crippen LogP contribution >= 0.6 is 12.2 Å². The van der Waals surface area contributed by atoms with E-state index < -0.39 is 0 Å². The Labute approximate surface area is 167 Å². The van der Waals surface area contributed by atoms with E-state index in [1.165, 1.54) is 38.5 Å². The number of benzene rings is 1. The standard InChI is InChI=1S/C22H30N2O2S/c1-14(2)13-26-19-5-3-4-18(9-19)20(25)23-21(27)24-22-10-15-6-16(11-22)8-17(7-15)12-22/h3-5,9,14-17H,6-8,10-13H2,1-2H3,(H2,23,24,25,27). The number of carbonyl (C=O) groups is 1. The van der Waals surface area contributed by atoms with E-state index >= 15 is 0 Å². The van der Waals surface area contributed by atoms with E-state index in [1.807, 2.05) is 12.1 Å². The number of hydrogen-bond donors (Lipinski definition) is 2. The summed E-state index contributed by atoms with van der Waals surface area (Å²) >= 11 is 5.51. The third kappa shape index (κ3) is 4.29. The van der Waals surface area contributed by atoms with Gasteiger partial charge in [0, 0.05) is 11.1 Å². The topological polar surface area (TPSA) is 50.4 Å². The van der Waals surface area contributed by atoms with Gasteiger partial charge in [-0.25, -0.2) is 0 Å². The molecule has 0 unspecified atom stereocenters. The highest BCUT2D eigenvalue weighted by molar-refractivity contribution is 7.80. The van der Waals surface area contributed by atoms with Crippen molar-refractivity contribution in [1.82, 2.24) is 10.6 Å². The second-order valence-electron chi connectivity index (χ2n) is 9.34. The van der Waals surface area contributed by atoms with Crippen LogP contribution in [0.4, 0.5) is 0 Å². The Bertz CT molecular complexity index is 695. The van der Waals surface area contributed by atoms with Crippen LogP contribution in [0.3, 0.4) is 0 Å². The van der Waals surface area contributed by atoms with Crippen LogP contribution in [0.1, 0.15) is 62.7 Å². The first-order valence-electron chi connectivity index (χ1n) is 10.3. The van der Waals surface area contributed by atoms with Gasteiger partial charge in [-0.1, -0.05) is 19.9 Å². The lowest BCUT2D eigenvalue weighted by Gasteiger charge is -2.57. The molecule has 0 aliphatic heterocycles. The van der Waals surface area contributed by atoms with Gasteiger partial charge in [0.1, 0.15) is 5.75 Å². The highest BCUT2D eigenvalue weighted by Crippen LogP contribution is 2.55. The molecule has 146 valence electrons. The van der Waals surface area contributed by atoms with Crippen LogP contribution in [0.25, 0.3) is 0 Å². The van der Waals surface area contributed by atoms with Crippen molar-refractivity contribution in [3.63, 3.8) is 0 Å². The molecule has 1 aromatic carbocycles. The molecular weight excluding hydrogens is 356 g/mol. The van der Waals surface area contributed by atoms with Gasteiger partial charge in [-0.15, -0.1) is 0 Å². The van der Waals surface area contributed by atoms with Crippen LogP contribution in [0.5, 0.6) is 5.75 Å². The summed E-state index contributed by atoms with van der Waals surface area (Å²) in [5, 5.41) is 6.91. The van der Waals surface area contributed by atoms with Crippen molar-refractivity contribution in [2.45, 2.75) is 57.9 Å². The Morgan fingerprint density at radius 1 is 1.19 bits per heavy atom. The van der Waals surface area contributed by atoms with E-state index in [-0.39, 0.29) is 11.4 Å². The maximum Gasteiger partial charge on any atom is 0.257 e. The van der Waals surface area contributed by atoms with Gasteiger partial charge in [0.05, 0.1) is 6.61 Å². The zero-order valence-corrected chi connectivity index (χ0v) is 17.1. The predicted molar refractivity (Wildman–Crippen MR) is 111 cm³/mol. The molecule has 0 saturated heterocycles. The van der Waals surface area contributed by atoms with Crippen LogP contribution in [-0.2, 0) is 0 Å². The molecule has 0 radical (unpaired) electrons. The van der Waals surface area contributed by atoms with E-state index in [2.05, 4.69) is 24.5 Å². The monoisotopic (exact) mass is 386 g/mol. The maximum absolute atomic E-state index is 12.6. The van der Waals surface area contributed by atoms with E-state index in [0.717, 1.165) is 23.5 Å². The molecule has 4 bridgehead atoms. The molecule has 0 spiro atoms. The summed E-state index contributed by atoms with van der Waals surface area (Å²) in [5.41, 5.74) is 0.687. The van der Waals surface area contributed by atoms with Gasteiger partial charge in [-0.2, -0.15) is 0 Å². The first-order valence-corrected chi connectivity index (χ1v) is 10.7. The van der Waals surface area contributed by atoms with Crippen molar-refractivity contribution in [1.29, 1.82) is 0 Å². The zero-order valence-electron chi connectivity index (χ0n) is 16.3. The quantitative estimate of drug-likeness (QED) is 0.741. The number of hydrogen-bond acceptors (Lipinski definition) is 3. The fourth-order valence-corrected chi connectivity index (χ4v) is 6.01. The fourth-order valence-electron chi connectivity index (χ4n) is 5.70. The number of ether oxygens (including phenoxy) is 1. The van der Waals surface area contributed by atoms with Crippen LogP contribution in [-0.4, -0.2) is 23.2 Å². The molecule has 4 aliphatic carbocycles. The van der Waals surface area contributed by atoms with Crippen molar-refractivity contribution in [3.8, 4) is 5.75 Å². The first-order chi connectivity index (χ1) is 12.9. The van der Waals surface area contributed by atoms with E-state index in [9.17, 15) is 4.79 Å². The Morgan fingerprint density at radius 2 is 1.81 bits per heavy atom. The maximum atomic E-state index is 12.6. The zero-order chi connectivity index (χ0) is 19.0. The van der Waals surface area contributed by atoms with E-state index in [1.54, 1.807) is 12.1 Å². The highest BCUT2D eigenvalue weighted by Gasteiger charge is 2.51. The minimum absolute atomic E-state index is 0.112. The van der Waals surface area contributed by atoms with Crippen LogP contribution < -0.4 is 15.4 Å². The molecule has 4 saturated carbocycles. The summed E-state index contributed by atoms with van der Waals surface area (Å²) in [6.07, 6.45) is 7.78. The number of nitrogens with one attached hydrogen (secondary N) is 2. The van der Waals surface area contributed by atoms with Gasteiger partial charge >= 0.3 is 0 Å². The summed E-state index contributed by atoms with van der Waals surface area (Å²) in [6, 6.07) is 7.31. The molecular formula is C22H30N2O2S. The molecule has 1 aromatic rings.